The van der Waals surface area contributed by atoms with E-state index in [2.05, 4.69) is 10.1 Å². The predicted octanol–water partition coefficient (Wildman–Crippen LogP) is 4.26. The molecule has 1 aliphatic heterocycles. The summed E-state index contributed by atoms with van der Waals surface area (Å²) in [5, 5.41) is 4.05. The van der Waals surface area contributed by atoms with E-state index in [1.54, 1.807) is 43.2 Å². The van der Waals surface area contributed by atoms with E-state index < -0.39 is 6.43 Å². The third-order valence-corrected chi connectivity index (χ3v) is 5.59. The summed E-state index contributed by atoms with van der Waals surface area (Å²) in [5.74, 6) is 1.15. The number of fused-ring (bicyclic) bond motifs is 1. The SMILES string of the molecule is COc1ccc(OCC(=O)N2CCC(c3cc(C(F)F)c4c(C)noc4n3)CC2)cc1. The number of amides is 1. The highest BCUT2D eigenvalue weighted by atomic mass is 19.3. The number of hydrogen-bond donors (Lipinski definition) is 0. The van der Waals surface area contributed by atoms with Gasteiger partial charge in [-0.2, -0.15) is 0 Å². The Morgan fingerprint density at radius 3 is 2.55 bits per heavy atom. The first kappa shape index (κ1) is 21.0. The number of aryl methyl sites for hydroxylation is 1. The van der Waals surface area contributed by atoms with Crippen LogP contribution < -0.4 is 9.47 Å². The average Bonchev–Trinajstić information content (AvgIpc) is 3.18. The molecule has 0 saturated carbocycles. The van der Waals surface area contributed by atoms with E-state index in [4.69, 9.17) is 14.0 Å². The molecule has 1 fully saturated rings. The number of aromatic nitrogens is 2. The van der Waals surface area contributed by atoms with Crippen molar-refractivity contribution in [1.82, 2.24) is 15.0 Å². The second-order valence-corrected chi connectivity index (χ2v) is 7.50. The monoisotopic (exact) mass is 431 g/mol. The number of hydrogen-bond acceptors (Lipinski definition) is 6. The zero-order chi connectivity index (χ0) is 22.0. The fourth-order valence-electron chi connectivity index (χ4n) is 3.86. The number of nitrogens with zero attached hydrogens (tertiary/aromatic N) is 3. The molecule has 31 heavy (non-hydrogen) atoms. The van der Waals surface area contributed by atoms with Crippen LogP contribution >= 0.6 is 0 Å². The summed E-state index contributed by atoms with van der Waals surface area (Å²) >= 11 is 0. The molecule has 1 saturated heterocycles. The predicted molar refractivity (Wildman–Crippen MR) is 109 cm³/mol. The Kier molecular flexibility index (Phi) is 6.01. The minimum atomic E-state index is -2.64. The summed E-state index contributed by atoms with van der Waals surface area (Å²) in [4.78, 5) is 18.6. The van der Waals surface area contributed by atoms with Crippen molar-refractivity contribution in [3.63, 3.8) is 0 Å². The lowest BCUT2D eigenvalue weighted by Gasteiger charge is -2.31. The number of methoxy groups -OCH3 is 1. The molecule has 7 nitrogen and oxygen atoms in total. The summed E-state index contributed by atoms with van der Waals surface area (Å²) in [5.41, 5.74) is 0.990. The van der Waals surface area contributed by atoms with Gasteiger partial charge in [0.25, 0.3) is 18.0 Å². The van der Waals surface area contributed by atoms with Crippen LogP contribution in [-0.2, 0) is 4.79 Å². The Balaban J connectivity index is 1.37. The number of carbonyl (C=O) groups is 1. The van der Waals surface area contributed by atoms with Crippen LogP contribution in [0.25, 0.3) is 11.1 Å². The maximum atomic E-state index is 13.6. The average molecular weight is 431 g/mol. The molecule has 4 rings (SSSR count). The standard InChI is InChI=1S/C22H23F2N3O4/c1-13-20-17(21(23)24)11-18(25-22(20)31-26-13)14-7-9-27(10-8-14)19(28)12-30-16-5-3-15(29-2)4-6-16/h3-6,11,14,21H,7-10,12H2,1-2H3. The summed E-state index contributed by atoms with van der Waals surface area (Å²) in [6.07, 6.45) is -1.38. The van der Waals surface area contributed by atoms with Crippen molar-refractivity contribution in [1.29, 1.82) is 0 Å². The molecule has 164 valence electrons. The highest BCUT2D eigenvalue weighted by molar-refractivity contribution is 5.80. The Labute approximate surface area is 177 Å². The summed E-state index contributed by atoms with van der Waals surface area (Å²) < 4.78 is 42.9. The first-order valence-corrected chi connectivity index (χ1v) is 10.1. The molecule has 0 radical (unpaired) electrons. The van der Waals surface area contributed by atoms with E-state index in [1.165, 1.54) is 6.07 Å². The lowest BCUT2D eigenvalue weighted by Crippen LogP contribution is -2.40. The lowest BCUT2D eigenvalue weighted by molar-refractivity contribution is -0.134. The second-order valence-electron chi connectivity index (χ2n) is 7.50. The highest BCUT2D eigenvalue weighted by Gasteiger charge is 2.28. The Morgan fingerprint density at radius 1 is 1.23 bits per heavy atom. The lowest BCUT2D eigenvalue weighted by atomic mass is 9.91. The number of piperidine rings is 1. The highest BCUT2D eigenvalue weighted by Crippen LogP contribution is 2.34. The second kappa shape index (κ2) is 8.87. The molecule has 9 heteroatoms. The topological polar surface area (TPSA) is 77.7 Å². The Hall–Kier alpha value is -3.23. The van der Waals surface area contributed by atoms with Crippen LogP contribution in [0.5, 0.6) is 11.5 Å². The Morgan fingerprint density at radius 2 is 1.90 bits per heavy atom. The number of alkyl halides is 2. The van der Waals surface area contributed by atoms with E-state index in [-0.39, 0.29) is 35.1 Å². The van der Waals surface area contributed by atoms with Crippen LogP contribution in [0.15, 0.2) is 34.9 Å². The van der Waals surface area contributed by atoms with Crippen molar-refractivity contribution in [2.45, 2.75) is 32.1 Å². The fourth-order valence-corrected chi connectivity index (χ4v) is 3.86. The molecule has 2 aromatic heterocycles. The molecule has 0 spiro atoms. The van der Waals surface area contributed by atoms with Gasteiger partial charge in [0, 0.05) is 30.3 Å². The quantitative estimate of drug-likeness (QED) is 0.580. The van der Waals surface area contributed by atoms with E-state index in [9.17, 15) is 13.6 Å². The van der Waals surface area contributed by atoms with Crippen molar-refractivity contribution in [3.8, 4) is 11.5 Å². The molecule has 3 aromatic rings. The van der Waals surface area contributed by atoms with Gasteiger partial charge < -0.3 is 18.9 Å². The van der Waals surface area contributed by atoms with Gasteiger partial charge in [0.1, 0.15) is 11.5 Å². The Bertz CT molecular complexity index is 1060. The van der Waals surface area contributed by atoms with Gasteiger partial charge in [-0.3, -0.25) is 4.79 Å². The zero-order valence-electron chi connectivity index (χ0n) is 17.3. The van der Waals surface area contributed by atoms with Gasteiger partial charge in [0.15, 0.2) is 6.61 Å². The molecule has 0 N–H and O–H groups in total. The van der Waals surface area contributed by atoms with Crippen LogP contribution in [0.4, 0.5) is 8.78 Å². The van der Waals surface area contributed by atoms with Crippen LogP contribution in [0.2, 0.25) is 0 Å². The molecule has 0 aliphatic carbocycles. The maximum absolute atomic E-state index is 13.6. The maximum Gasteiger partial charge on any atom is 0.264 e. The first-order valence-electron chi connectivity index (χ1n) is 10.1. The van der Waals surface area contributed by atoms with Crippen LogP contribution in [0, 0.1) is 6.92 Å². The minimum Gasteiger partial charge on any atom is -0.497 e. The van der Waals surface area contributed by atoms with E-state index in [0.29, 0.717) is 48.8 Å². The van der Waals surface area contributed by atoms with Crippen molar-refractivity contribution >= 4 is 17.0 Å². The molecule has 1 aliphatic rings. The van der Waals surface area contributed by atoms with Crippen LogP contribution in [0.1, 0.15) is 42.1 Å². The number of pyridine rings is 1. The fraction of sp³-hybridized carbons (Fsp3) is 0.409. The molecular weight excluding hydrogens is 408 g/mol. The first-order chi connectivity index (χ1) is 15.0. The number of carbonyl (C=O) groups excluding carboxylic acids is 1. The summed E-state index contributed by atoms with van der Waals surface area (Å²) in [6.45, 7) is 2.58. The van der Waals surface area contributed by atoms with Gasteiger partial charge >= 0.3 is 0 Å². The van der Waals surface area contributed by atoms with Crippen LogP contribution in [0.3, 0.4) is 0 Å². The molecule has 3 heterocycles. The van der Waals surface area contributed by atoms with Gasteiger partial charge in [0.2, 0.25) is 0 Å². The third-order valence-electron chi connectivity index (χ3n) is 5.59. The number of ether oxygens (including phenoxy) is 2. The molecule has 0 bridgehead atoms. The van der Waals surface area contributed by atoms with Gasteiger partial charge in [-0.15, -0.1) is 0 Å². The van der Waals surface area contributed by atoms with Crippen molar-refractivity contribution in [2.24, 2.45) is 0 Å². The van der Waals surface area contributed by atoms with E-state index in [1.807, 2.05) is 0 Å². The normalized spacial score (nSPS) is 14.9. The molecule has 0 unspecified atom stereocenters. The summed E-state index contributed by atoms with van der Waals surface area (Å²) in [6, 6.07) is 8.46. The summed E-state index contributed by atoms with van der Waals surface area (Å²) in [7, 11) is 1.58. The number of rotatable bonds is 6. The minimum absolute atomic E-state index is 0.0288. The number of benzene rings is 1. The van der Waals surface area contributed by atoms with Gasteiger partial charge in [-0.25, -0.2) is 13.8 Å². The molecule has 0 atom stereocenters. The molecule has 1 amide bonds. The molecule has 1 aromatic carbocycles. The van der Waals surface area contributed by atoms with Crippen LogP contribution in [-0.4, -0.2) is 47.8 Å². The van der Waals surface area contributed by atoms with Crippen molar-refractivity contribution < 1.29 is 27.6 Å². The van der Waals surface area contributed by atoms with E-state index in [0.717, 1.165) is 0 Å². The number of halogens is 2. The molecular formula is C22H23F2N3O4. The third kappa shape index (κ3) is 4.45. The number of likely N-dealkylation sites (tertiary alicyclic amines) is 1. The van der Waals surface area contributed by atoms with Gasteiger partial charge in [-0.05, 0) is 50.1 Å². The smallest absolute Gasteiger partial charge is 0.264 e. The largest absolute Gasteiger partial charge is 0.497 e. The van der Waals surface area contributed by atoms with Gasteiger partial charge in [0.05, 0.1) is 18.2 Å². The van der Waals surface area contributed by atoms with Crippen molar-refractivity contribution in [2.75, 3.05) is 26.8 Å². The zero-order valence-corrected chi connectivity index (χ0v) is 17.3. The van der Waals surface area contributed by atoms with Crippen molar-refractivity contribution in [3.05, 3.63) is 47.3 Å². The van der Waals surface area contributed by atoms with Gasteiger partial charge in [-0.1, -0.05) is 5.16 Å². The van der Waals surface area contributed by atoms with E-state index >= 15 is 0 Å².